The molecule has 0 bridgehead atoms. The Balaban J connectivity index is 1.68. The monoisotopic (exact) mass is 339 g/mol. The molecule has 4 amide bonds. The molecule has 2 aromatic rings. The minimum Gasteiger partial charge on any atom is -0.462 e. The molecule has 2 heterocycles. The molecule has 1 aliphatic heterocycles. The minimum atomic E-state index is -0.640. The van der Waals surface area contributed by atoms with Crippen LogP contribution in [0.15, 0.2) is 46.5 Å². The standard InChI is InChI=1S/C18H17N3O4/c1-11-4-3-5-13(8-11)19-16(22)10-21-17(23)15(20-18(21)24)9-14-7-6-12(2)25-14/h3-9H,10H2,1-2H3,(H,19,22)(H,20,24). The zero-order valence-corrected chi connectivity index (χ0v) is 13.8. The lowest BCUT2D eigenvalue weighted by molar-refractivity contribution is -0.127. The van der Waals surface area contributed by atoms with Crippen LogP contribution in [-0.2, 0) is 9.59 Å². The number of benzene rings is 1. The molecule has 1 aliphatic rings. The Morgan fingerprint density at radius 3 is 2.72 bits per heavy atom. The van der Waals surface area contributed by atoms with E-state index in [0.717, 1.165) is 10.5 Å². The first kappa shape index (κ1) is 16.5. The van der Waals surface area contributed by atoms with Crippen LogP contribution in [0.25, 0.3) is 6.08 Å². The van der Waals surface area contributed by atoms with E-state index in [1.54, 1.807) is 31.2 Å². The van der Waals surface area contributed by atoms with Gasteiger partial charge in [-0.2, -0.15) is 0 Å². The van der Waals surface area contributed by atoms with Crippen molar-refractivity contribution in [3.63, 3.8) is 0 Å². The highest BCUT2D eigenvalue weighted by molar-refractivity contribution is 6.15. The lowest BCUT2D eigenvalue weighted by Crippen LogP contribution is -2.38. The Bertz CT molecular complexity index is 882. The van der Waals surface area contributed by atoms with Gasteiger partial charge in [-0.05, 0) is 43.7 Å². The number of amides is 4. The van der Waals surface area contributed by atoms with Crippen molar-refractivity contribution in [3.8, 4) is 0 Å². The average Bonchev–Trinajstić information content (AvgIpc) is 3.06. The molecule has 2 N–H and O–H groups in total. The van der Waals surface area contributed by atoms with Crippen molar-refractivity contribution in [2.24, 2.45) is 0 Å². The van der Waals surface area contributed by atoms with Gasteiger partial charge in [0.05, 0.1) is 0 Å². The molecule has 1 aromatic carbocycles. The summed E-state index contributed by atoms with van der Waals surface area (Å²) in [4.78, 5) is 37.3. The van der Waals surface area contributed by atoms with Gasteiger partial charge < -0.3 is 15.1 Å². The number of hydrogen-bond donors (Lipinski definition) is 2. The molecular formula is C18H17N3O4. The fraction of sp³-hybridized carbons (Fsp3) is 0.167. The number of carbonyl (C=O) groups excluding carboxylic acids is 3. The van der Waals surface area contributed by atoms with E-state index < -0.39 is 17.8 Å². The van der Waals surface area contributed by atoms with E-state index in [1.807, 2.05) is 19.1 Å². The normalized spacial score (nSPS) is 15.6. The van der Waals surface area contributed by atoms with E-state index in [1.165, 1.54) is 6.08 Å². The summed E-state index contributed by atoms with van der Waals surface area (Å²) in [6.45, 7) is 3.31. The van der Waals surface area contributed by atoms with Crippen LogP contribution < -0.4 is 10.6 Å². The highest BCUT2D eigenvalue weighted by Crippen LogP contribution is 2.16. The van der Waals surface area contributed by atoms with E-state index in [9.17, 15) is 14.4 Å². The molecule has 1 aromatic heterocycles. The molecule has 0 spiro atoms. The highest BCUT2D eigenvalue weighted by Gasteiger charge is 2.35. The van der Waals surface area contributed by atoms with E-state index in [2.05, 4.69) is 10.6 Å². The van der Waals surface area contributed by atoms with Gasteiger partial charge in [0.1, 0.15) is 23.8 Å². The Morgan fingerprint density at radius 1 is 1.24 bits per heavy atom. The van der Waals surface area contributed by atoms with Crippen LogP contribution >= 0.6 is 0 Å². The van der Waals surface area contributed by atoms with Gasteiger partial charge in [-0.25, -0.2) is 9.69 Å². The van der Waals surface area contributed by atoms with E-state index in [4.69, 9.17) is 4.42 Å². The van der Waals surface area contributed by atoms with Crippen molar-refractivity contribution in [2.45, 2.75) is 13.8 Å². The predicted octanol–water partition coefficient (Wildman–Crippen LogP) is 2.43. The van der Waals surface area contributed by atoms with Crippen LogP contribution in [0.5, 0.6) is 0 Å². The molecule has 25 heavy (non-hydrogen) atoms. The lowest BCUT2D eigenvalue weighted by Gasteiger charge is -2.12. The van der Waals surface area contributed by atoms with Gasteiger partial charge in [-0.15, -0.1) is 0 Å². The first-order valence-electron chi connectivity index (χ1n) is 7.70. The molecule has 0 saturated carbocycles. The van der Waals surface area contributed by atoms with Gasteiger partial charge in [-0.3, -0.25) is 9.59 Å². The van der Waals surface area contributed by atoms with Gasteiger partial charge in [0.25, 0.3) is 5.91 Å². The Morgan fingerprint density at radius 2 is 2.04 bits per heavy atom. The number of carbonyl (C=O) groups is 3. The molecular weight excluding hydrogens is 322 g/mol. The summed E-state index contributed by atoms with van der Waals surface area (Å²) in [6.07, 6.45) is 1.44. The molecule has 0 unspecified atom stereocenters. The first-order chi connectivity index (χ1) is 11.9. The van der Waals surface area contributed by atoms with Crippen LogP contribution in [0, 0.1) is 13.8 Å². The van der Waals surface area contributed by atoms with Crippen LogP contribution in [0.1, 0.15) is 17.1 Å². The van der Waals surface area contributed by atoms with Crippen molar-refractivity contribution in [1.82, 2.24) is 10.2 Å². The van der Waals surface area contributed by atoms with Gasteiger partial charge in [0.2, 0.25) is 5.91 Å². The summed E-state index contributed by atoms with van der Waals surface area (Å²) in [6, 6.07) is 10.1. The number of nitrogens with zero attached hydrogens (tertiary/aromatic N) is 1. The molecule has 0 atom stereocenters. The number of anilines is 1. The summed E-state index contributed by atoms with van der Waals surface area (Å²) < 4.78 is 5.36. The van der Waals surface area contributed by atoms with Gasteiger partial charge in [0, 0.05) is 11.8 Å². The number of furan rings is 1. The molecule has 7 nitrogen and oxygen atoms in total. The number of urea groups is 1. The van der Waals surface area contributed by atoms with E-state index in [-0.39, 0.29) is 12.2 Å². The molecule has 3 rings (SSSR count). The summed E-state index contributed by atoms with van der Waals surface area (Å²) in [7, 11) is 0. The van der Waals surface area contributed by atoms with Crippen molar-refractivity contribution in [1.29, 1.82) is 0 Å². The third kappa shape index (κ3) is 3.77. The van der Waals surface area contributed by atoms with Crippen molar-refractivity contribution in [2.75, 3.05) is 11.9 Å². The molecule has 0 aliphatic carbocycles. The fourth-order valence-electron chi connectivity index (χ4n) is 2.46. The first-order valence-corrected chi connectivity index (χ1v) is 7.70. The molecule has 1 saturated heterocycles. The van der Waals surface area contributed by atoms with E-state index >= 15 is 0 Å². The predicted molar refractivity (Wildman–Crippen MR) is 91.5 cm³/mol. The second-order valence-electron chi connectivity index (χ2n) is 5.75. The SMILES string of the molecule is Cc1cccc(NC(=O)CN2C(=O)NC(=Cc3ccc(C)o3)C2=O)c1. The summed E-state index contributed by atoms with van der Waals surface area (Å²) in [5.74, 6) is 0.118. The quantitative estimate of drug-likeness (QED) is 0.661. The van der Waals surface area contributed by atoms with Crippen LogP contribution in [0.2, 0.25) is 0 Å². The highest BCUT2D eigenvalue weighted by atomic mass is 16.3. The summed E-state index contributed by atoms with van der Waals surface area (Å²) in [5.41, 5.74) is 1.67. The molecule has 128 valence electrons. The lowest BCUT2D eigenvalue weighted by atomic mass is 10.2. The largest absolute Gasteiger partial charge is 0.462 e. The maximum atomic E-state index is 12.3. The molecule has 7 heteroatoms. The second kappa shape index (κ2) is 6.64. The summed E-state index contributed by atoms with van der Waals surface area (Å²) in [5, 5.41) is 5.12. The Labute approximate surface area is 144 Å². The number of imide groups is 1. The van der Waals surface area contributed by atoms with Gasteiger partial charge >= 0.3 is 6.03 Å². The smallest absolute Gasteiger partial charge is 0.329 e. The Hall–Kier alpha value is -3.35. The van der Waals surface area contributed by atoms with Crippen LogP contribution in [-0.4, -0.2) is 29.3 Å². The fourth-order valence-corrected chi connectivity index (χ4v) is 2.46. The Kier molecular flexibility index (Phi) is 4.38. The molecule has 1 fully saturated rings. The van der Waals surface area contributed by atoms with E-state index in [0.29, 0.717) is 17.2 Å². The van der Waals surface area contributed by atoms with Crippen LogP contribution in [0.4, 0.5) is 10.5 Å². The third-order valence-corrected chi connectivity index (χ3v) is 3.61. The van der Waals surface area contributed by atoms with Crippen molar-refractivity contribution < 1.29 is 18.8 Å². The maximum absolute atomic E-state index is 12.3. The number of hydrogen-bond acceptors (Lipinski definition) is 4. The number of nitrogens with one attached hydrogen (secondary N) is 2. The van der Waals surface area contributed by atoms with Crippen molar-refractivity contribution in [3.05, 3.63) is 59.2 Å². The number of aryl methyl sites for hydroxylation is 2. The summed E-state index contributed by atoms with van der Waals surface area (Å²) >= 11 is 0. The zero-order chi connectivity index (χ0) is 18.0. The van der Waals surface area contributed by atoms with Gasteiger partial charge in [0.15, 0.2) is 0 Å². The number of rotatable bonds is 4. The van der Waals surface area contributed by atoms with Crippen molar-refractivity contribution >= 4 is 29.6 Å². The second-order valence-corrected chi connectivity index (χ2v) is 5.75. The maximum Gasteiger partial charge on any atom is 0.329 e. The minimum absolute atomic E-state index is 0.0719. The topological polar surface area (TPSA) is 91.7 Å². The zero-order valence-electron chi connectivity index (χ0n) is 13.8. The van der Waals surface area contributed by atoms with Crippen LogP contribution in [0.3, 0.4) is 0 Å². The average molecular weight is 339 g/mol. The third-order valence-electron chi connectivity index (χ3n) is 3.61. The van der Waals surface area contributed by atoms with Gasteiger partial charge in [-0.1, -0.05) is 12.1 Å². The molecule has 0 radical (unpaired) electrons.